The molecule has 1 nitrogen and oxygen atoms in total. The summed E-state index contributed by atoms with van der Waals surface area (Å²) < 4.78 is 0. The van der Waals surface area contributed by atoms with Crippen molar-refractivity contribution in [2.75, 3.05) is 6.54 Å². The third-order valence-electron chi connectivity index (χ3n) is 3.79. The van der Waals surface area contributed by atoms with E-state index < -0.39 is 0 Å². The molecule has 1 aromatic rings. The molecule has 14 heavy (non-hydrogen) atoms. The van der Waals surface area contributed by atoms with Gasteiger partial charge in [-0.3, -0.25) is 0 Å². The van der Waals surface area contributed by atoms with E-state index >= 15 is 0 Å². The molecule has 0 aromatic heterocycles. The van der Waals surface area contributed by atoms with Gasteiger partial charge in [-0.2, -0.15) is 0 Å². The summed E-state index contributed by atoms with van der Waals surface area (Å²) in [6.07, 6.45) is 4.85. The Morgan fingerprint density at radius 2 is 2.00 bits per heavy atom. The topological polar surface area (TPSA) is 26.0 Å². The Hall–Kier alpha value is -0.820. The fourth-order valence-corrected chi connectivity index (χ4v) is 2.49. The van der Waals surface area contributed by atoms with E-state index in [2.05, 4.69) is 31.2 Å². The van der Waals surface area contributed by atoms with Crippen molar-refractivity contribution in [2.24, 2.45) is 11.1 Å². The molecule has 2 N–H and O–H groups in total. The maximum absolute atomic E-state index is 5.91. The second-order valence-electron chi connectivity index (χ2n) is 4.50. The van der Waals surface area contributed by atoms with Crippen LogP contribution in [0.25, 0.3) is 0 Å². The average molecular weight is 189 g/mol. The number of benzene rings is 1. The highest BCUT2D eigenvalue weighted by Crippen LogP contribution is 2.37. The molecule has 0 saturated carbocycles. The lowest BCUT2D eigenvalue weighted by Gasteiger charge is -2.36. The zero-order chi connectivity index (χ0) is 10.0. The Kier molecular flexibility index (Phi) is 2.60. The van der Waals surface area contributed by atoms with E-state index in [0.29, 0.717) is 5.41 Å². The first-order valence-electron chi connectivity index (χ1n) is 5.56. The molecule has 2 rings (SSSR count). The van der Waals surface area contributed by atoms with Gasteiger partial charge >= 0.3 is 0 Å². The van der Waals surface area contributed by atoms with E-state index in [1.54, 1.807) is 0 Å². The molecule has 0 heterocycles. The minimum Gasteiger partial charge on any atom is -0.330 e. The molecular weight excluding hydrogens is 170 g/mol. The van der Waals surface area contributed by atoms with Gasteiger partial charge < -0.3 is 5.73 Å². The maximum atomic E-state index is 5.91. The van der Waals surface area contributed by atoms with Gasteiger partial charge in [-0.25, -0.2) is 0 Å². The lowest BCUT2D eigenvalue weighted by Crippen LogP contribution is -2.35. The molecule has 0 radical (unpaired) electrons. The van der Waals surface area contributed by atoms with Gasteiger partial charge in [-0.05, 0) is 48.8 Å². The molecule has 0 amide bonds. The Balaban J connectivity index is 2.28. The van der Waals surface area contributed by atoms with E-state index in [-0.39, 0.29) is 0 Å². The van der Waals surface area contributed by atoms with E-state index in [0.717, 1.165) is 6.54 Å². The minimum atomic E-state index is 0.383. The predicted molar refractivity (Wildman–Crippen MR) is 60.2 cm³/mol. The molecule has 0 saturated heterocycles. The molecule has 0 spiro atoms. The molecule has 1 heteroatoms. The quantitative estimate of drug-likeness (QED) is 0.760. The smallest absolute Gasteiger partial charge is 0.00173 e. The van der Waals surface area contributed by atoms with Crippen molar-refractivity contribution in [2.45, 2.75) is 32.6 Å². The summed E-state index contributed by atoms with van der Waals surface area (Å²) in [5.41, 5.74) is 9.34. The molecule has 1 aliphatic carbocycles. The molecule has 76 valence electrons. The fourth-order valence-electron chi connectivity index (χ4n) is 2.49. The number of nitrogens with two attached hydrogens (primary N) is 1. The van der Waals surface area contributed by atoms with E-state index in [1.165, 1.54) is 36.8 Å². The monoisotopic (exact) mass is 189 g/mol. The normalized spacial score (nSPS) is 25.9. The van der Waals surface area contributed by atoms with Gasteiger partial charge in [0, 0.05) is 0 Å². The van der Waals surface area contributed by atoms with Crippen molar-refractivity contribution in [3.05, 3.63) is 35.4 Å². The van der Waals surface area contributed by atoms with E-state index in [4.69, 9.17) is 5.73 Å². The van der Waals surface area contributed by atoms with Crippen molar-refractivity contribution in [3.63, 3.8) is 0 Å². The molecule has 0 fully saturated rings. The highest BCUT2D eigenvalue weighted by atomic mass is 14.6. The van der Waals surface area contributed by atoms with Crippen LogP contribution in [0.15, 0.2) is 24.3 Å². The molecular formula is C13H19N. The Morgan fingerprint density at radius 3 is 2.64 bits per heavy atom. The van der Waals surface area contributed by atoms with Crippen LogP contribution >= 0.6 is 0 Å². The van der Waals surface area contributed by atoms with Crippen molar-refractivity contribution < 1.29 is 0 Å². The highest BCUT2D eigenvalue weighted by Gasteiger charge is 2.30. The zero-order valence-corrected chi connectivity index (χ0v) is 8.92. The minimum absolute atomic E-state index is 0.383. The van der Waals surface area contributed by atoms with Crippen molar-refractivity contribution in [1.82, 2.24) is 0 Å². The van der Waals surface area contributed by atoms with Gasteiger partial charge in [-0.15, -0.1) is 0 Å². The van der Waals surface area contributed by atoms with Crippen LogP contribution in [0.1, 0.15) is 30.9 Å². The van der Waals surface area contributed by atoms with Crippen molar-refractivity contribution in [1.29, 1.82) is 0 Å². The Labute approximate surface area is 86.3 Å². The second kappa shape index (κ2) is 3.74. The zero-order valence-electron chi connectivity index (χ0n) is 8.92. The van der Waals surface area contributed by atoms with Crippen molar-refractivity contribution in [3.8, 4) is 0 Å². The van der Waals surface area contributed by atoms with Crippen LogP contribution in [-0.4, -0.2) is 6.54 Å². The molecule has 1 unspecified atom stereocenters. The molecule has 1 atom stereocenters. The van der Waals surface area contributed by atoms with Crippen LogP contribution < -0.4 is 5.73 Å². The summed E-state index contributed by atoms with van der Waals surface area (Å²) in [5, 5.41) is 0. The number of rotatable bonds is 2. The number of hydrogen-bond donors (Lipinski definition) is 1. The first-order chi connectivity index (χ1) is 6.79. The number of hydrogen-bond acceptors (Lipinski definition) is 1. The third-order valence-corrected chi connectivity index (χ3v) is 3.79. The van der Waals surface area contributed by atoms with E-state index in [1.807, 2.05) is 0 Å². The van der Waals surface area contributed by atoms with Crippen LogP contribution in [-0.2, 0) is 12.8 Å². The third kappa shape index (κ3) is 1.57. The summed E-state index contributed by atoms with van der Waals surface area (Å²) in [7, 11) is 0. The molecule has 1 aromatic carbocycles. The predicted octanol–water partition coefficient (Wildman–Crippen LogP) is 2.53. The summed E-state index contributed by atoms with van der Waals surface area (Å²) in [6.45, 7) is 3.10. The van der Waals surface area contributed by atoms with Crippen molar-refractivity contribution >= 4 is 0 Å². The molecule has 0 aliphatic heterocycles. The summed E-state index contributed by atoms with van der Waals surface area (Å²) in [5.74, 6) is 0. The lowest BCUT2D eigenvalue weighted by atomic mass is 9.70. The summed E-state index contributed by atoms with van der Waals surface area (Å²) in [6, 6.07) is 8.79. The van der Waals surface area contributed by atoms with Crippen LogP contribution in [0.5, 0.6) is 0 Å². The van der Waals surface area contributed by atoms with Crippen LogP contribution in [0.2, 0.25) is 0 Å². The molecule has 0 bridgehead atoms. The number of fused-ring (bicyclic) bond motifs is 1. The summed E-state index contributed by atoms with van der Waals surface area (Å²) in [4.78, 5) is 0. The maximum Gasteiger partial charge on any atom is -0.00173 e. The Bertz CT molecular complexity index is 313. The van der Waals surface area contributed by atoms with Gasteiger partial charge in [0.05, 0.1) is 0 Å². The van der Waals surface area contributed by atoms with Gasteiger partial charge in [0.2, 0.25) is 0 Å². The first kappa shape index (κ1) is 9.72. The lowest BCUT2D eigenvalue weighted by molar-refractivity contribution is 0.245. The Morgan fingerprint density at radius 1 is 1.29 bits per heavy atom. The van der Waals surface area contributed by atoms with Gasteiger partial charge in [0.15, 0.2) is 0 Å². The summed E-state index contributed by atoms with van der Waals surface area (Å²) >= 11 is 0. The standard InChI is InChI=1S/C13H19N/c1-2-13(10-14)8-7-11-5-3-4-6-12(11)9-13/h3-6H,2,7-10,14H2,1H3. The van der Waals surface area contributed by atoms with E-state index in [9.17, 15) is 0 Å². The van der Waals surface area contributed by atoms with Gasteiger partial charge in [0.25, 0.3) is 0 Å². The average Bonchev–Trinajstić information content (AvgIpc) is 2.28. The van der Waals surface area contributed by atoms with Crippen LogP contribution in [0.4, 0.5) is 0 Å². The molecule has 1 aliphatic rings. The first-order valence-corrected chi connectivity index (χ1v) is 5.56. The fraction of sp³-hybridized carbons (Fsp3) is 0.538. The van der Waals surface area contributed by atoms with Gasteiger partial charge in [-0.1, -0.05) is 31.2 Å². The second-order valence-corrected chi connectivity index (χ2v) is 4.50. The SMILES string of the molecule is CCC1(CN)CCc2ccccc2C1. The number of aryl methyl sites for hydroxylation is 1. The largest absolute Gasteiger partial charge is 0.330 e. The highest BCUT2D eigenvalue weighted by molar-refractivity contribution is 5.31. The van der Waals surface area contributed by atoms with Crippen LogP contribution in [0, 0.1) is 5.41 Å². The van der Waals surface area contributed by atoms with Crippen LogP contribution in [0.3, 0.4) is 0 Å². The van der Waals surface area contributed by atoms with Gasteiger partial charge in [0.1, 0.15) is 0 Å².